The van der Waals surface area contributed by atoms with E-state index in [0.717, 1.165) is 12.1 Å². The number of nitrogens with one attached hydrogen (secondary N) is 1. The van der Waals surface area contributed by atoms with Crippen LogP contribution >= 0.6 is 11.6 Å². The molecule has 1 aromatic heterocycles. The third kappa shape index (κ3) is 3.19. The van der Waals surface area contributed by atoms with Gasteiger partial charge in [0.1, 0.15) is 11.8 Å². The van der Waals surface area contributed by atoms with Crippen molar-refractivity contribution in [1.29, 1.82) is 5.26 Å². The molecule has 20 heavy (non-hydrogen) atoms. The summed E-state index contributed by atoms with van der Waals surface area (Å²) < 4.78 is 37.5. The van der Waals surface area contributed by atoms with Gasteiger partial charge in [-0.1, -0.05) is 11.6 Å². The Morgan fingerprint density at radius 1 is 1.20 bits per heavy atom. The molecule has 0 bridgehead atoms. The van der Waals surface area contributed by atoms with Gasteiger partial charge in [0, 0.05) is 0 Å². The van der Waals surface area contributed by atoms with Gasteiger partial charge < -0.3 is 5.32 Å². The molecule has 0 aliphatic carbocycles. The number of benzene rings is 1. The first kappa shape index (κ1) is 14.2. The van der Waals surface area contributed by atoms with Gasteiger partial charge >= 0.3 is 6.18 Å². The fourth-order valence-corrected chi connectivity index (χ4v) is 1.71. The second kappa shape index (κ2) is 5.39. The zero-order valence-electron chi connectivity index (χ0n) is 9.87. The van der Waals surface area contributed by atoms with Crippen molar-refractivity contribution in [3.63, 3.8) is 0 Å². The zero-order chi connectivity index (χ0) is 14.8. The Hall–Kier alpha value is -2.26. The Balaban J connectivity index is 2.23. The highest BCUT2D eigenvalue weighted by Crippen LogP contribution is 2.34. The van der Waals surface area contributed by atoms with Gasteiger partial charge in [-0.2, -0.15) is 18.4 Å². The summed E-state index contributed by atoms with van der Waals surface area (Å²) in [5.74, 6) is 0. The van der Waals surface area contributed by atoms with Crippen LogP contribution in [0.3, 0.4) is 0 Å². The van der Waals surface area contributed by atoms with Crippen molar-refractivity contribution in [1.82, 2.24) is 4.98 Å². The van der Waals surface area contributed by atoms with Crippen LogP contribution in [0.2, 0.25) is 5.02 Å². The molecule has 0 amide bonds. The van der Waals surface area contributed by atoms with E-state index in [-0.39, 0.29) is 10.7 Å². The summed E-state index contributed by atoms with van der Waals surface area (Å²) in [6.45, 7) is 0. The minimum atomic E-state index is -4.43. The lowest BCUT2D eigenvalue weighted by molar-refractivity contribution is -0.137. The minimum Gasteiger partial charge on any atom is -0.353 e. The van der Waals surface area contributed by atoms with Crippen molar-refractivity contribution >= 4 is 23.0 Å². The van der Waals surface area contributed by atoms with Crippen LogP contribution in [0.25, 0.3) is 0 Å². The molecule has 0 unspecified atom stereocenters. The first-order valence-electron chi connectivity index (χ1n) is 5.40. The molecule has 2 rings (SSSR count). The van der Waals surface area contributed by atoms with Gasteiger partial charge in [-0.05, 0) is 30.3 Å². The fourth-order valence-electron chi connectivity index (χ4n) is 1.48. The lowest BCUT2D eigenvalue weighted by atomic mass is 10.2. The number of pyridine rings is 1. The van der Waals surface area contributed by atoms with E-state index in [1.165, 1.54) is 18.3 Å². The zero-order valence-corrected chi connectivity index (χ0v) is 10.6. The third-order valence-corrected chi connectivity index (χ3v) is 2.77. The lowest BCUT2D eigenvalue weighted by Crippen LogP contribution is -2.05. The Morgan fingerprint density at radius 2 is 1.95 bits per heavy atom. The maximum Gasteiger partial charge on any atom is 0.416 e. The Labute approximate surface area is 117 Å². The van der Waals surface area contributed by atoms with E-state index in [9.17, 15) is 13.2 Å². The second-order valence-corrected chi connectivity index (χ2v) is 4.27. The second-order valence-electron chi connectivity index (χ2n) is 3.86. The summed E-state index contributed by atoms with van der Waals surface area (Å²) >= 11 is 5.81. The Morgan fingerprint density at radius 3 is 2.45 bits per heavy atom. The van der Waals surface area contributed by atoms with Crippen molar-refractivity contribution in [2.24, 2.45) is 0 Å². The van der Waals surface area contributed by atoms with Gasteiger partial charge in [-0.25, -0.2) is 4.98 Å². The molecule has 0 radical (unpaired) electrons. The Bertz CT molecular complexity index is 660. The topological polar surface area (TPSA) is 48.7 Å². The summed E-state index contributed by atoms with van der Waals surface area (Å²) in [6, 6.07) is 7.96. The molecule has 1 N–H and O–H groups in total. The van der Waals surface area contributed by atoms with Gasteiger partial charge in [0.25, 0.3) is 0 Å². The van der Waals surface area contributed by atoms with Crippen LogP contribution in [0.15, 0.2) is 36.5 Å². The van der Waals surface area contributed by atoms with E-state index in [2.05, 4.69) is 10.3 Å². The van der Waals surface area contributed by atoms with Crippen molar-refractivity contribution < 1.29 is 13.2 Å². The molecule has 1 heterocycles. The maximum absolute atomic E-state index is 12.5. The number of alkyl halides is 3. The smallest absolute Gasteiger partial charge is 0.353 e. The predicted octanol–water partition coefficient (Wildman–Crippen LogP) is 4.37. The SMILES string of the molecule is N#Cc1ccc(Nc2ccc(C(F)(F)F)cc2Cl)cn1. The Kier molecular flexibility index (Phi) is 3.81. The number of rotatable bonds is 2. The summed E-state index contributed by atoms with van der Waals surface area (Å²) in [4.78, 5) is 3.83. The van der Waals surface area contributed by atoms with Crippen molar-refractivity contribution in [2.45, 2.75) is 6.18 Å². The largest absolute Gasteiger partial charge is 0.416 e. The van der Waals surface area contributed by atoms with Gasteiger partial charge in [-0.3, -0.25) is 0 Å². The molecular formula is C13H7ClF3N3. The van der Waals surface area contributed by atoms with Crippen LogP contribution in [0.5, 0.6) is 0 Å². The molecule has 1 aromatic carbocycles. The lowest BCUT2D eigenvalue weighted by Gasteiger charge is -2.11. The highest BCUT2D eigenvalue weighted by atomic mass is 35.5. The minimum absolute atomic E-state index is 0.0517. The summed E-state index contributed by atoms with van der Waals surface area (Å²) in [7, 11) is 0. The van der Waals surface area contributed by atoms with E-state index in [0.29, 0.717) is 11.4 Å². The van der Waals surface area contributed by atoms with E-state index in [1.54, 1.807) is 6.07 Å². The van der Waals surface area contributed by atoms with Gasteiger partial charge in [0.15, 0.2) is 0 Å². The number of halogens is 4. The normalized spacial score (nSPS) is 10.9. The maximum atomic E-state index is 12.5. The quantitative estimate of drug-likeness (QED) is 0.895. The molecule has 7 heteroatoms. The van der Waals surface area contributed by atoms with Crippen molar-refractivity contribution in [3.8, 4) is 6.07 Å². The molecule has 0 fully saturated rings. The monoisotopic (exact) mass is 297 g/mol. The highest BCUT2D eigenvalue weighted by molar-refractivity contribution is 6.33. The molecule has 2 aromatic rings. The van der Waals surface area contributed by atoms with Crippen LogP contribution in [0.1, 0.15) is 11.3 Å². The standard InChI is InChI=1S/C13H7ClF3N3/c14-11-5-8(13(15,16)17)1-4-12(11)20-10-3-2-9(6-18)19-7-10/h1-5,7,20H. The number of hydrogen-bond acceptors (Lipinski definition) is 3. The first-order valence-corrected chi connectivity index (χ1v) is 5.78. The summed E-state index contributed by atoms with van der Waals surface area (Å²) in [5.41, 5.74) is 0.275. The number of nitriles is 1. The molecule has 0 spiro atoms. The number of hydrogen-bond donors (Lipinski definition) is 1. The fraction of sp³-hybridized carbons (Fsp3) is 0.0769. The first-order chi connectivity index (χ1) is 9.40. The average molecular weight is 298 g/mol. The molecule has 0 aliphatic rings. The molecular weight excluding hydrogens is 291 g/mol. The molecule has 0 atom stereocenters. The van der Waals surface area contributed by atoms with E-state index >= 15 is 0 Å². The number of anilines is 2. The highest BCUT2D eigenvalue weighted by Gasteiger charge is 2.30. The predicted molar refractivity (Wildman–Crippen MR) is 68.7 cm³/mol. The third-order valence-electron chi connectivity index (χ3n) is 2.45. The average Bonchev–Trinajstić information content (AvgIpc) is 2.41. The molecule has 0 saturated heterocycles. The molecule has 3 nitrogen and oxygen atoms in total. The van der Waals surface area contributed by atoms with Gasteiger partial charge in [0.05, 0.1) is 28.2 Å². The van der Waals surface area contributed by atoms with Crippen LogP contribution in [0.4, 0.5) is 24.5 Å². The van der Waals surface area contributed by atoms with Gasteiger partial charge in [0.2, 0.25) is 0 Å². The summed E-state index contributed by atoms with van der Waals surface area (Å²) in [6.07, 6.45) is -3.04. The molecule has 0 saturated carbocycles. The molecule has 0 aliphatic heterocycles. The van der Waals surface area contributed by atoms with Crippen LogP contribution in [-0.4, -0.2) is 4.98 Å². The van der Waals surface area contributed by atoms with Crippen LogP contribution in [-0.2, 0) is 6.18 Å². The van der Waals surface area contributed by atoms with Crippen molar-refractivity contribution in [2.75, 3.05) is 5.32 Å². The number of nitrogens with zero attached hydrogens (tertiary/aromatic N) is 2. The van der Waals surface area contributed by atoms with Crippen LogP contribution in [0, 0.1) is 11.3 Å². The van der Waals surface area contributed by atoms with Gasteiger partial charge in [-0.15, -0.1) is 0 Å². The number of aromatic nitrogens is 1. The van der Waals surface area contributed by atoms with E-state index < -0.39 is 11.7 Å². The van der Waals surface area contributed by atoms with Crippen LogP contribution < -0.4 is 5.32 Å². The van der Waals surface area contributed by atoms with E-state index in [1.807, 2.05) is 6.07 Å². The van der Waals surface area contributed by atoms with E-state index in [4.69, 9.17) is 16.9 Å². The molecule has 102 valence electrons. The summed E-state index contributed by atoms with van der Waals surface area (Å²) in [5, 5.41) is 11.4. The van der Waals surface area contributed by atoms with Crippen molar-refractivity contribution in [3.05, 3.63) is 52.8 Å².